The van der Waals surface area contributed by atoms with Crippen LogP contribution in [0, 0.1) is 5.92 Å². The third-order valence-corrected chi connectivity index (χ3v) is 3.06. The predicted octanol–water partition coefficient (Wildman–Crippen LogP) is 3.76. The fraction of sp³-hybridized carbons (Fsp3) is 0.385. The maximum atomic E-state index is 2.24. The van der Waals surface area contributed by atoms with Crippen molar-refractivity contribution in [1.82, 2.24) is 0 Å². The lowest BCUT2D eigenvalue weighted by Gasteiger charge is -1.99. The lowest BCUT2D eigenvalue weighted by atomic mass is 10.1. The van der Waals surface area contributed by atoms with Gasteiger partial charge in [0.2, 0.25) is 0 Å². The highest BCUT2D eigenvalue weighted by atomic mass is 14.4. The van der Waals surface area contributed by atoms with Gasteiger partial charge in [-0.05, 0) is 37.7 Å². The summed E-state index contributed by atoms with van der Waals surface area (Å²) in [6, 6.07) is 10.8. The number of rotatable bonds is 2. The molecule has 2 rings (SSSR count). The van der Waals surface area contributed by atoms with Gasteiger partial charge in [-0.2, -0.15) is 0 Å². The maximum absolute atomic E-state index is 2.24. The SMILES string of the molecule is C/C=C(/C)C1CC1c1ccccc1. The largest absolute Gasteiger partial charge is 0.0884 e. The standard InChI is InChI=1S/C13H16/c1-3-10(2)12-9-13(12)11-7-5-4-6-8-11/h3-8,12-13H,9H2,1-2H3/b10-3-. The fourth-order valence-corrected chi connectivity index (χ4v) is 1.98. The van der Waals surface area contributed by atoms with Crippen molar-refractivity contribution in [3.63, 3.8) is 0 Å². The van der Waals surface area contributed by atoms with Gasteiger partial charge in [0, 0.05) is 0 Å². The maximum Gasteiger partial charge on any atom is -0.00903 e. The van der Waals surface area contributed by atoms with Gasteiger partial charge >= 0.3 is 0 Å². The Balaban J connectivity index is 2.09. The van der Waals surface area contributed by atoms with Gasteiger partial charge in [-0.3, -0.25) is 0 Å². The monoisotopic (exact) mass is 172 g/mol. The first-order chi connectivity index (χ1) is 6.33. The second-order valence-corrected chi connectivity index (χ2v) is 3.89. The van der Waals surface area contributed by atoms with Crippen molar-refractivity contribution in [3.05, 3.63) is 47.5 Å². The van der Waals surface area contributed by atoms with Crippen LogP contribution in [0.5, 0.6) is 0 Å². The van der Waals surface area contributed by atoms with Crippen molar-refractivity contribution in [2.75, 3.05) is 0 Å². The molecule has 0 aromatic heterocycles. The molecular weight excluding hydrogens is 156 g/mol. The van der Waals surface area contributed by atoms with Gasteiger partial charge in [0.1, 0.15) is 0 Å². The Morgan fingerprint density at radius 1 is 1.31 bits per heavy atom. The minimum Gasteiger partial charge on any atom is -0.0884 e. The Labute approximate surface area is 80.3 Å². The van der Waals surface area contributed by atoms with Crippen molar-refractivity contribution in [1.29, 1.82) is 0 Å². The van der Waals surface area contributed by atoms with Crippen molar-refractivity contribution in [2.45, 2.75) is 26.2 Å². The number of benzene rings is 1. The Morgan fingerprint density at radius 2 is 2.00 bits per heavy atom. The second kappa shape index (κ2) is 3.37. The molecule has 0 spiro atoms. The second-order valence-electron chi connectivity index (χ2n) is 3.89. The lowest BCUT2D eigenvalue weighted by Crippen LogP contribution is -1.84. The van der Waals surface area contributed by atoms with Crippen LogP contribution in [0.1, 0.15) is 31.7 Å². The van der Waals surface area contributed by atoms with Gasteiger partial charge in [0.15, 0.2) is 0 Å². The molecule has 1 aromatic rings. The molecule has 2 atom stereocenters. The molecule has 0 bridgehead atoms. The highest BCUT2D eigenvalue weighted by Gasteiger charge is 2.38. The summed E-state index contributed by atoms with van der Waals surface area (Å²) in [4.78, 5) is 0. The summed E-state index contributed by atoms with van der Waals surface area (Å²) in [7, 11) is 0. The molecule has 0 saturated heterocycles. The number of hydrogen-bond donors (Lipinski definition) is 0. The number of allylic oxidation sites excluding steroid dienone is 2. The van der Waals surface area contributed by atoms with E-state index in [-0.39, 0.29) is 0 Å². The minimum atomic E-state index is 0.803. The molecule has 2 unspecified atom stereocenters. The summed E-state index contributed by atoms with van der Waals surface area (Å²) in [5, 5.41) is 0. The summed E-state index contributed by atoms with van der Waals surface area (Å²) in [6.07, 6.45) is 3.59. The first-order valence-electron chi connectivity index (χ1n) is 5.00. The van der Waals surface area contributed by atoms with Crippen molar-refractivity contribution in [2.24, 2.45) is 5.92 Å². The highest BCUT2D eigenvalue weighted by molar-refractivity contribution is 5.30. The summed E-state index contributed by atoms with van der Waals surface area (Å²) >= 11 is 0. The quantitative estimate of drug-likeness (QED) is 0.596. The molecular formula is C13H16. The van der Waals surface area contributed by atoms with Crippen molar-refractivity contribution in [3.8, 4) is 0 Å². The Kier molecular flexibility index (Phi) is 2.22. The smallest absolute Gasteiger partial charge is 0.00903 e. The van der Waals surface area contributed by atoms with Crippen LogP contribution in [0.2, 0.25) is 0 Å². The summed E-state index contributed by atoms with van der Waals surface area (Å²) in [6.45, 7) is 4.38. The zero-order valence-electron chi connectivity index (χ0n) is 8.33. The predicted molar refractivity (Wildman–Crippen MR) is 56.7 cm³/mol. The molecule has 1 aliphatic rings. The van der Waals surface area contributed by atoms with E-state index >= 15 is 0 Å². The van der Waals surface area contributed by atoms with Crippen LogP contribution < -0.4 is 0 Å². The molecule has 0 N–H and O–H groups in total. The average molecular weight is 172 g/mol. The highest BCUT2D eigenvalue weighted by Crippen LogP contribution is 2.51. The molecule has 1 fully saturated rings. The average Bonchev–Trinajstić information content (AvgIpc) is 2.98. The van der Waals surface area contributed by atoms with E-state index in [1.54, 1.807) is 5.57 Å². The molecule has 1 aliphatic carbocycles. The molecule has 0 heterocycles. The molecule has 0 nitrogen and oxygen atoms in total. The molecule has 68 valence electrons. The van der Waals surface area contributed by atoms with Crippen LogP contribution >= 0.6 is 0 Å². The summed E-state index contributed by atoms with van der Waals surface area (Å²) < 4.78 is 0. The number of hydrogen-bond acceptors (Lipinski definition) is 0. The van der Waals surface area contributed by atoms with Crippen molar-refractivity contribution >= 4 is 0 Å². The molecule has 0 aliphatic heterocycles. The third-order valence-electron chi connectivity index (χ3n) is 3.06. The Hall–Kier alpha value is -1.04. The van der Waals surface area contributed by atoms with Crippen LogP contribution in [0.4, 0.5) is 0 Å². The zero-order valence-corrected chi connectivity index (χ0v) is 8.33. The van der Waals surface area contributed by atoms with E-state index in [0.717, 1.165) is 11.8 Å². The van der Waals surface area contributed by atoms with Crippen LogP contribution in [0.3, 0.4) is 0 Å². The van der Waals surface area contributed by atoms with E-state index in [2.05, 4.69) is 50.3 Å². The molecule has 0 radical (unpaired) electrons. The summed E-state index contributed by atoms with van der Waals surface area (Å²) in [5.74, 6) is 1.63. The Morgan fingerprint density at radius 3 is 2.62 bits per heavy atom. The van der Waals surface area contributed by atoms with Crippen LogP contribution in [0.15, 0.2) is 42.0 Å². The first kappa shape index (κ1) is 8.55. The van der Waals surface area contributed by atoms with Gasteiger partial charge in [0.25, 0.3) is 0 Å². The van der Waals surface area contributed by atoms with Gasteiger partial charge in [0.05, 0.1) is 0 Å². The minimum absolute atomic E-state index is 0.803. The van der Waals surface area contributed by atoms with E-state index in [1.165, 1.54) is 12.0 Å². The molecule has 0 heteroatoms. The molecule has 1 aromatic carbocycles. The molecule has 1 saturated carbocycles. The Bertz CT molecular complexity index is 308. The van der Waals surface area contributed by atoms with Gasteiger partial charge in [-0.1, -0.05) is 42.0 Å². The zero-order chi connectivity index (χ0) is 9.26. The van der Waals surface area contributed by atoms with E-state index in [4.69, 9.17) is 0 Å². The molecule has 0 amide bonds. The van der Waals surface area contributed by atoms with Crippen LogP contribution in [0.25, 0.3) is 0 Å². The van der Waals surface area contributed by atoms with Gasteiger partial charge in [-0.15, -0.1) is 0 Å². The topological polar surface area (TPSA) is 0 Å². The normalized spacial score (nSPS) is 27.4. The van der Waals surface area contributed by atoms with Crippen LogP contribution in [-0.4, -0.2) is 0 Å². The summed E-state index contributed by atoms with van der Waals surface area (Å²) in [5.41, 5.74) is 3.06. The molecule has 13 heavy (non-hydrogen) atoms. The van der Waals surface area contributed by atoms with E-state index in [9.17, 15) is 0 Å². The van der Waals surface area contributed by atoms with Gasteiger partial charge in [-0.25, -0.2) is 0 Å². The van der Waals surface area contributed by atoms with Crippen molar-refractivity contribution < 1.29 is 0 Å². The third kappa shape index (κ3) is 1.67. The lowest BCUT2D eigenvalue weighted by molar-refractivity contribution is 0.935. The fourth-order valence-electron chi connectivity index (χ4n) is 1.98. The van der Waals surface area contributed by atoms with Gasteiger partial charge < -0.3 is 0 Å². The van der Waals surface area contributed by atoms with Crippen LogP contribution in [-0.2, 0) is 0 Å². The van der Waals surface area contributed by atoms with E-state index in [0.29, 0.717) is 0 Å². The van der Waals surface area contributed by atoms with E-state index in [1.807, 2.05) is 0 Å². The first-order valence-corrected chi connectivity index (χ1v) is 5.00. The van der Waals surface area contributed by atoms with E-state index < -0.39 is 0 Å².